The summed E-state index contributed by atoms with van der Waals surface area (Å²) in [6.07, 6.45) is 1.03. The number of aliphatic hydroxyl groups is 1. The SMILES string of the molecule is CCCNC1COCC1C(=O)Nc1cccc(CO)c1. The van der Waals surface area contributed by atoms with Gasteiger partial charge >= 0.3 is 0 Å². The fourth-order valence-corrected chi connectivity index (χ4v) is 2.33. The van der Waals surface area contributed by atoms with Crippen molar-refractivity contribution in [1.29, 1.82) is 0 Å². The topological polar surface area (TPSA) is 70.6 Å². The molecule has 3 N–H and O–H groups in total. The van der Waals surface area contributed by atoms with Gasteiger partial charge in [-0.2, -0.15) is 0 Å². The van der Waals surface area contributed by atoms with E-state index in [2.05, 4.69) is 17.6 Å². The average molecular weight is 278 g/mol. The molecule has 0 bridgehead atoms. The van der Waals surface area contributed by atoms with Crippen LogP contribution >= 0.6 is 0 Å². The molecule has 2 atom stereocenters. The molecule has 0 aromatic heterocycles. The summed E-state index contributed by atoms with van der Waals surface area (Å²) in [5, 5.41) is 15.3. The van der Waals surface area contributed by atoms with Gasteiger partial charge in [0.05, 0.1) is 25.7 Å². The van der Waals surface area contributed by atoms with Crippen LogP contribution in [-0.2, 0) is 16.1 Å². The normalized spacial score (nSPS) is 21.9. The fraction of sp³-hybridized carbons (Fsp3) is 0.533. The van der Waals surface area contributed by atoms with Gasteiger partial charge in [0.1, 0.15) is 0 Å². The van der Waals surface area contributed by atoms with Crippen LogP contribution in [0.3, 0.4) is 0 Å². The summed E-state index contributed by atoms with van der Waals surface area (Å²) in [7, 11) is 0. The minimum atomic E-state index is -0.167. The highest BCUT2D eigenvalue weighted by Crippen LogP contribution is 2.18. The maximum atomic E-state index is 12.3. The summed E-state index contributed by atoms with van der Waals surface area (Å²) < 4.78 is 5.41. The van der Waals surface area contributed by atoms with Crippen molar-refractivity contribution < 1.29 is 14.6 Å². The number of ether oxygens (including phenoxy) is 1. The zero-order chi connectivity index (χ0) is 14.4. The summed E-state index contributed by atoms with van der Waals surface area (Å²) in [6, 6.07) is 7.32. The number of amides is 1. The molecule has 1 fully saturated rings. The van der Waals surface area contributed by atoms with Crippen LogP contribution < -0.4 is 10.6 Å². The van der Waals surface area contributed by atoms with Gasteiger partial charge in [0.2, 0.25) is 5.91 Å². The van der Waals surface area contributed by atoms with Gasteiger partial charge in [0, 0.05) is 11.7 Å². The molecule has 1 saturated heterocycles. The summed E-state index contributed by atoms with van der Waals surface area (Å²) >= 11 is 0. The minimum absolute atomic E-state index is 0.0308. The second kappa shape index (κ2) is 7.38. The molecule has 110 valence electrons. The molecular formula is C15H22N2O3. The number of benzene rings is 1. The van der Waals surface area contributed by atoms with Crippen molar-refractivity contribution in [3.63, 3.8) is 0 Å². The van der Waals surface area contributed by atoms with Gasteiger partial charge in [0.15, 0.2) is 0 Å². The Morgan fingerprint density at radius 1 is 1.45 bits per heavy atom. The molecule has 2 rings (SSSR count). The first kappa shape index (κ1) is 15.0. The van der Waals surface area contributed by atoms with Gasteiger partial charge in [-0.1, -0.05) is 19.1 Å². The van der Waals surface area contributed by atoms with Gasteiger partial charge < -0.3 is 20.5 Å². The molecule has 1 aromatic carbocycles. The third-order valence-electron chi connectivity index (χ3n) is 3.45. The molecule has 0 spiro atoms. The lowest BCUT2D eigenvalue weighted by Gasteiger charge is -2.18. The number of carbonyl (C=O) groups is 1. The highest BCUT2D eigenvalue weighted by molar-refractivity contribution is 5.93. The van der Waals surface area contributed by atoms with Crippen LogP contribution in [0.5, 0.6) is 0 Å². The molecule has 0 radical (unpaired) electrons. The summed E-state index contributed by atoms with van der Waals surface area (Å²) in [5.74, 6) is -0.203. The van der Waals surface area contributed by atoms with E-state index in [0.717, 1.165) is 18.5 Å². The fourth-order valence-electron chi connectivity index (χ4n) is 2.33. The van der Waals surface area contributed by atoms with Crippen molar-refractivity contribution in [2.45, 2.75) is 26.0 Å². The van der Waals surface area contributed by atoms with Crippen LogP contribution in [0.25, 0.3) is 0 Å². The molecule has 2 unspecified atom stereocenters. The molecule has 1 aliphatic rings. The van der Waals surface area contributed by atoms with Gasteiger partial charge in [-0.05, 0) is 30.7 Å². The molecule has 1 aliphatic heterocycles. The first-order valence-corrected chi connectivity index (χ1v) is 7.06. The Hall–Kier alpha value is -1.43. The van der Waals surface area contributed by atoms with Crippen LogP contribution in [0.15, 0.2) is 24.3 Å². The standard InChI is InChI=1S/C15H22N2O3/c1-2-6-16-14-10-20-9-13(14)15(19)17-12-5-3-4-11(7-12)8-18/h3-5,7,13-14,16,18H,2,6,8-10H2,1H3,(H,17,19). The van der Waals surface area contributed by atoms with E-state index in [-0.39, 0.29) is 24.5 Å². The number of carbonyl (C=O) groups excluding carboxylic acids is 1. The maximum Gasteiger partial charge on any atom is 0.231 e. The molecule has 0 saturated carbocycles. The van der Waals surface area contributed by atoms with Gasteiger partial charge in [0.25, 0.3) is 0 Å². The molecule has 5 heteroatoms. The van der Waals surface area contributed by atoms with Crippen LogP contribution in [-0.4, -0.2) is 36.8 Å². The Morgan fingerprint density at radius 2 is 2.30 bits per heavy atom. The Labute approximate surface area is 119 Å². The maximum absolute atomic E-state index is 12.3. The van der Waals surface area contributed by atoms with Crippen molar-refractivity contribution in [2.75, 3.05) is 25.1 Å². The number of rotatable bonds is 6. The van der Waals surface area contributed by atoms with E-state index in [1.165, 1.54) is 0 Å². The Kier molecular flexibility index (Phi) is 5.52. The van der Waals surface area contributed by atoms with Crippen molar-refractivity contribution in [2.24, 2.45) is 5.92 Å². The van der Waals surface area contributed by atoms with E-state index < -0.39 is 0 Å². The molecule has 1 aromatic rings. The van der Waals surface area contributed by atoms with Gasteiger partial charge in [-0.25, -0.2) is 0 Å². The highest BCUT2D eigenvalue weighted by atomic mass is 16.5. The van der Waals surface area contributed by atoms with E-state index in [1.54, 1.807) is 6.07 Å². The molecular weight excluding hydrogens is 256 g/mol. The van der Waals surface area contributed by atoms with E-state index >= 15 is 0 Å². The molecule has 0 aliphatic carbocycles. The number of anilines is 1. The number of aliphatic hydroxyl groups excluding tert-OH is 1. The van der Waals surface area contributed by atoms with Crippen molar-refractivity contribution in [3.8, 4) is 0 Å². The Morgan fingerprint density at radius 3 is 3.05 bits per heavy atom. The first-order valence-electron chi connectivity index (χ1n) is 7.06. The lowest BCUT2D eigenvalue weighted by Crippen LogP contribution is -2.41. The second-order valence-corrected chi connectivity index (χ2v) is 5.05. The summed E-state index contributed by atoms with van der Waals surface area (Å²) in [5.41, 5.74) is 1.49. The van der Waals surface area contributed by atoms with Crippen LogP contribution in [0.2, 0.25) is 0 Å². The Balaban J connectivity index is 1.96. The van der Waals surface area contributed by atoms with Crippen LogP contribution in [0.4, 0.5) is 5.69 Å². The second-order valence-electron chi connectivity index (χ2n) is 5.05. The zero-order valence-corrected chi connectivity index (χ0v) is 11.8. The van der Waals surface area contributed by atoms with E-state index in [0.29, 0.717) is 18.9 Å². The first-order chi connectivity index (χ1) is 9.74. The van der Waals surface area contributed by atoms with E-state index in [1.807, 2.05) is 18.2 Å². The third kappa shape index (κ3) is 3.79. The quantitative estimate of drug-likeness (QED) is 0.729. The molecule has 1 amide bonds. The summed E-state index contributed by atoms with van der Waals surface area (Å²) in [4.78, 5) is 12.3. The average Bonchev–Trinajstić information content (AvgIpc) is 2.93. The third-order valence-corrected chi connectivity index (χ3v) is 3.45. The predicted octanol–water partition coefficient (Wildman–Crippen LogP) is 1.13. The van der Waals surface area contributed by atoms with E-state index in [9.17, 15) is 4.79 Å². The van der Waals surface area contributed by atoms with Gasteiger partial charge in [-0.3, -0.25) is 4.79 Å². The monoisotopic (exact) mass is 278 g/mol. The molecule has 20 heavy (non-hydrogen) atoms. The highest BCUT2D eigenvalue weighted by Gasteiger charge is 2.33. The number of nitrogens with one attached hydrogen (secondary N) is 2. The lowest BCUT2D eigenvalue weighted by molar-refractivity contribution is -0.120. The zero-order valence-electron chi connectivity index (χ0n) is 11.8. The Bertz CT molecular complexity index is 450. The van der Waals surface area contributed by atoms with Gasteiger partial charge in [-0.15, -0.1) is 0 Å². The molecule has 5 nitrogen and oxygen atoms in total. The van der Waals surface area contributed by atoms with Crippen LogP contribution in [0, 0.1) is 5.92 Å². The lowest BCUT2D eigenvalue weighted by atomic mass is 10.0. The number of hydrogen-bond donors (Lipinski definition) is 3. The molecule has 1 heterocycles. The summed E-state index contributed by atoms with van der Waals surface area (Å²) in [6.45, 7) is 3.98. The van der Waals surface area contributed by atoms with E-state index in [4.69, 9.17) is 9.84 Å². The van der Waals surface area contributed by atoms with Crippen molar-refractivity contribution >= 4 is 11.6 Å². The minimum Gasteiger partial charge on any atom is -0.392 e. The van der Waals surface area contributed by atoms with Crippen molar-refractivity contribution in [1.82, 2.24) is 5.32 Å². The smallest absolute Gasteiger partial charge is 0.231 e. The number of hydrogen-bond acceptors (Lipinski definition) is 4. The van der Waals surface area contributed by atoms with Crippen molar-refractivity contribution in [3.05, 3.63) is 29.8 Å². The van der Waals surface area contributed by atoms with Crippen LogP contribution in [0.1, 0.15) is 18.9 Å². The largest absolute Gasteiger partial charge is 0.392 e. The predicted molar refractivity (Wildman–Crippen MR) is 77.4 cm³/mol.